The fourth-order valence-corrected chi connectivity index (χ4v) is 4.60. The van der Waals surface area contributed by atoms with Gasteiger partial charge >= 0.3 is 0 Å². The zero-order valence-corrected chi connectivity index (χ0v) is 18.8. The minimum Gasteiger partial charge on any atom is -0.497 e. The number of carbonyl (C=O) groups excluding carboxylic acids is 2. The summed E-state index contributed by atoms with van der Waals surface area (Å²) in [6.45, 7) is 8.30. The maximum Gasteiger partial charge on any atom is 0.255 e. The van der Waals surface area contributed by atoms with Gasteiger partial charge in [0, 0.05) is 50.7 Å². The first-order valence-corrected chi connectivity index (χ1v) is 11.3. The van der Waals surface area contributed by atoms with Crippen molar-refractivity contribution in [1.82, 2.24) is 19.7 Å². The number of piperidine rings is 1. The predicted molar refractivity (Wildman–Crippen MR) is 120 cm³/mol. The van der Waals surface area contributed by atoms with E-state index in [9.17, 15) is 9.59 Å². The Balaban J connectivity index is 1.41. The fourth-order valence-electron chi connectivity index (χ4n) is 4.60. The Morgan fingerprint density at radius 2 is 1.68 bits per heavy atom. The number of aromatic nitrogens is 1. The minimum atomic E-state index is -0.130. The molecule has 0 aliphatic carbocycles. The third-order valence-corrected chi connectivity index (χ3v) is 6.62. The summed E-state index contributed by atoms with van der Waals surface area (Å²) < 4.78 is 5.27. The zero-order chi connectivity index (χ0) is 22.0. The molecule has 0 saturated carbocycles. The Bertz CT molecular complexity index is 963. The van der Waals surface area contributed by atoms with E-state index >= 15 is 0 Å². The summed E-state index contributed by atoms with van der Waals surface area (Å²) >= 11 is 0. The number of pyridine rings is 1. The molecule has 1 aromatic carbocycles. The minimum absolute atomic E-state index is 0.0115. The summed E-state index contributed by atoms with van der Waals surface area (Å²) in [5.74, 6) is 0.990. The predicted octanol–water partition coefficient (Wildman–Crippen LogP) is 2.71. The topological polar surface area (TPSA) is 66.0 Å². The van der Waals surface area contributed by atoms with Crippen LogP contribution in [0.25, 0.3) is 10.9 Å². The van der Waals surface area contributed by atoms with Crippen LogP contribution >= 0.6 is 0 Å². The molecule has 31 heavy (non-hydrogen) atoms. The van der Waals surface area contributed by atoms with Crippen LogP contribution in [0, 0.1) is 6.92 Å². The summed E-state index contributed by atoms with van der Waals surface area (Å²) in [4.78, 5) is 36.8. The van der Waals surface area contributed by atoms with Crippen LogP contribution in [0.3, 0.4) is 0 Å². The fraction of sp³-hybridized carbons (Fsp3) is 0.542. The van der Waals surface area contributed by atoms with E-state index in [1.807, 2.05) is 47.9 Å². The van der Waals surface area contributed by atoms with E-state index in [0.717, 1.165) is 48.3 Å². The van der Waals surface area contributed by atoms with Gasteiger partial charge in [0.1, 0.15) is 5.75 Å². The number of carbonyl (C=O) groups is 2. The highest BCUT2D eigenvalue weighted by atomic mass is 16.5. The van der Waals surface area contributed by atoms with Crippen LogP contribution in [0.15, 0.2) is 24.3 Å². The molecule has 0 bridgehead atoms. The molecule has 1 aromatic heterocycles. The molecule has 0 spiro atoms. The van der Waals surface area contributed by atoms with Gasteiger partial charge in [-0.3, -0.25) is 19.5 Å². The first kappa shape index (κ1) is 21.6. The maximum atomic E-state index is 13.2. The van der Waals surface area contributed by atoms with E-state index in [0.29, 0.717) is 31.7 Å². The molecule has 0 N–H and O–H groups in total. The normalized spacial score (nSPS) is 18.8. The highest BCUT2D eigenvalue weighted by Crippen LogP contribution is 2.23. The Hall–Kier alpha value is -2.67. The van der Waals surface area contributed by atoms with E-state index in [1.165, 1.54) is 6.42 Å². The molecule has 4 rings (SSSR count). The molecule has 1 unspecified atom stereocenters. The van der Waals surface area contributed by atoms with Gasteiger partial charge in [-0.1, -0.05) is 0 Å². The number of rotatable bonds is 4. The zero-order valence-electron chi connectivity index (χ0n) is 18.8. The number of piperazine rings is 1. The molecule has 2 aliphatic rings. The van der Waals surface area contributed by atoms with Gasteiger partial charge < -0.3 is 14.5 Å². The van der Waals surface area contributed by atoms with Gasteiger partial charge in [-0.05, 0) is 51.3 Å². The van der Waals surface area contributed by atoms with E-state index < -0.39 is 0 Å². The van der Waals surface area contributed by atoms with Crippen molar-refractivity contribution in [2.24, 2.45) is 0 Å². The van der Waals surface area contributed by atoms with Crippen LogP contribution in [-0.4, -0.2) is 83.9 Å². The third-order valence-electron chi connectivity index (χ3n) is 6.62. The lowest BCUT2D eigenvalue weighted by Gasteiger charge is -2.39. The van der Waals surface area contributed by atoms with E-state index in [1.54, 1.807) is 7.11 Å². The summed E-state index contributed by atoms with van der Waals surface area (Å²) in [7, 11) is 1.63. The molecule has 0 radical (unpaired) electrons. The molecule has 2 fully saturated rings. The van der Waals surface area contributed by atoms with Gasteiger partial charge in [0.05, 0.1) is 29.9 Å². The van der Waals surface area contributed by atoms with Crippen molar-refractivity contribution in [1.29, 1.82) is 0 Å². The number of fused-ring (bicyclic) bond motifs is 1. The molecule has 1 atom stereocenters. The third kappa shape index (κ3) is 4.51. The first-order chi connectivity index (χ1) is 15.0. The van der Waals surface area contributed by atoms with Crippen LogP contribution < -0.4 is 4.74 Å². The van der Waals surface area contributed by atoms with Crippen LogP contribution in [-0.2, 0) is 4.79 Å². The van der Waals surface area contributed by atoms with Gasteiger partial charge in [0.15, 0.2) is 0 Å². The molecular formula is C24H32N4O3. The molecule has 7 nitrogen and oxygen atoms in total. The number of hydrogen-bond acceptors (Lipinski definition) is 5. The number of nitrogens with zero attached hydrogens (tertiary/aromatic N) is 4. The summed E-state index contributed by atoms with van der Waals surface area (Å²) in [5.41, 5.74) is 2.19. The van der Waals surface area contributed by atoms with Crippen LogP contribution in [0.4, 0.5) is 0 Å². The highest BCUT2D eigenvalue weighted by molar-refractivity contribution is 5.99. The number of aryl methyl sites for hydroxylation is 1. The second kappa shape index (κ2) is 9.22. The molecule has 2 saturated heterocycles. The van der Waals surface area contributed by atoms with Crippen molar-refractivity contribution in [3.8, 4) is 5.75 Å². The molecule has 2 aliphatic heterocycles. The Morgan fingerprint density at radius 1 is 0.968 bits per heavy atom. The lowest BCUT2D eigenvalue weighted by atomic mass is 10.1. The van der Waals surface area contributed by atoms with Gasteiger partial charge in [0.25, 0.3) is 5.91 Å². The van der Waals surface area contributed by atoms with Crippen molar-refractivity contribution >= 4 is 22.7 Å². The average molecular weight is 425 g/mol. The molecular weight excluding hydrogens is 392 g/mol. The highest BCUT2D eigenvalue weighted by Gasteiger charge is 2.31. The van der Waals surface area contributed by atoms with Crippen molar-refractivity contribution in [2.75, 3.05) is 46.4 Å². The number of hydrogen-bond donors (Lipinski definition) is 0. The number of likely N-dealkylation sites (tertiary alicyclic amines) is 1. The van der Waals surface area contributed by atoms with Crippen molar-refractivity contribution in [2.45, 2.75) is 39.2 Å². The maximum absolute atomic E-state index is 13.2. The monoisotopic (exact) mass is 424 g/mol. The SMILES string of the molecule is COc1ccc2cc(C(=O)N3CCN(C(C)C(=O)N4CCCCC4)CC3)c(C)nc2c1. The van der Waals surface area contributed by atoms with Gasteiger partial charge in [-0.2, -0.15) is 0 Å². The summed E-state index contributed by atoms with van der Waals surface area (Å²) in [6, 6.07) is 7.50. The van der Waals surface area contributed by atoms with Crippen LogP contribution in [0.1, 0.15) is 42.2 Å². The van der Waals surface area contributed by atoms with E-state index in [2.05, 4.69) is 9.88 Å². The van der Waals surface area contributed by atoms with Crippen molar-refractivity contribution < 1.29 is 14.3 Å². The Labute approximate surface area is 184 Å². The van der Waals surface area contributed by atoms with Crippen molar-refractivity contribution in [3.63, 3.8) is 0 Å². The molecule has 2 aromatic rings. The lowest BCUT2D eigenvalue weighted by Crippen LogP contribution is -2.56. The number of benzene rings is 1. The second-order valence-corrected chi connectivity index (χ2v) is 8.57. The van der Waals surface area contributed by atoms with Gasteiger partial charge in [-0.15, -0.1) is 0 Å². The standard InChI is InChI=1S/C24H32N4O3/c1-17-21(15-19-7-8-20(31-3)16-22(19)25-17)24(30)28-13-11-26(12-14-28)18(2)23(29)27-9-5-4-6-10-27/h7-8,15-16,18H,4-6,9-14H2,1-3H3. The summed E-state index contributed by atoms with van der Waals surface area (Å²) in [5, 5.41) is 0.925. The van der Waals surface area contributed by atoms with Crippen molar-refractivity contribution in [3.05, 3.63) is 35.5 Å². The molecule has 3 heterocycles. The van der Waals surface area contributed by atoms with Gasteiger partial charge in [-0.25, -0.2) is 0 Å². The molecule has 166 valence electrons. The second-order valence-electron chi connectivity index (χ2n) is 8.57. The number of ether oxygens (including phenoxy) is 1. The first-order valence-electron chi connectivity index (χ1n) is 11.3. The number of amides is 2. The average Bonchev–Trinajstić information content (AvgIpc) is 2.82. The van der Waals surface area contributed by atoms with Crippen LogP contribution in [0.2, 0.25) is 0 Å². The van der Waals surface area contributed by atoms with Crippen LogP contribution in [0.5, 0.6) is 5.75 Å². The smallest absolute Gasteiger partial charge is 0.255 e. The Morgan fingerprint density at radius 3 is 2.35 bits per heavy atom. The number of methoxy groups -OCH3 is 1. The molecule has 7 heteroatoms. The molecule has 2 amide bonds. The summed E-state index contributed by atoms with van der Waals surface area (Å²) in [6.07, 6.45) is 3.43. The van der Waals surface area contributed by atoms with E-state index in [-0.39, 0.29) is 17.9 Å². The van der Waals surface area contributed by atoms with E-state index in [4.69, 9.17) is 4.74 Å². The quantitative estimate of drug-likeness (QED) is 0.755. The Kier molecular flexibility index (Phi) is 6.41. The largest absolute Gasteiger partial charge is 0.497 e. The lowest BCUT2D eigenvalue weighted by molar-refractivity contribution is -0.137. The van der Waals surface area contributed by atoms with Gasteiger partial charge in [0.2, 0.25) is 5.91 Å².